The Hall–Kier alpha value is -0.920. The third-order valence-corrected chi connectivity index (χ3v) is 4.97. The van der Waals surface area contributed by atoms with Crippen LogP contribution in [0.25, 0.3) is 0 Å². The fourth-order valence-electron chi connectivity index (χ4n) is 2.07. The van der Waals surface area contributed by atoms with Crippen LogP contribution in [-0.4, -0.2) is 50.0 Å². The lowest BCUT2D eigenvalue weighted by Crippen LogP contribution is -2.43. The summed E-state index contributed by atoms with van der Waals surface area (Å²) in [6.07, 6.45) is 4.70. The highest BCUT2D eigenvalue weighted by atomic mass is 32.2. The van der Waals surface area contributed by atoms with Crippen molar-refractivity contribution in [1.82, 2.24) is 19.6 Å². The van der Waals surface area contributed by atoms with Crippen LogP contribution >= 0.6 is 0 Å². The Morgan fingerprint density at radius 2 is 2.17 bits per heavy atom. The van der Waals surface area contributed by atoms with Crippen LogP contribution in [0.1, 0.15) is 19.8 Å². The van der Waals surface area contributed by atoms with E-state index in [-0.39, 0.29) is 10.4 Å². The molecule has 0 unspecified atom stereocenters. The van der Waals surface area contributed by atoms with Crippen molar-refractivity contribution in [3.05, 3.63) is 12.5 Å². The average Bonchev–Trinajstić information content (AvgIpc) is 2.86. The van der Waals surface area contributed by atoms with Crippen LogP contribution in [-0.2, 0) is 10.0 Å². The molecular weight excluding hydrogens is 252 g/mol. The smallest absolute Gasteiger partial charge is 0.257 e. The first-order chi connectivity index (χ1) is 8.41. The van der Waals surface area contributed by atoms with Gasteiger partial charge in [0.15, 0.2) is 5.03 Å². The zero-order chi connectivity index (χ0) is 13.2. The predicted octanol–water partition coefficient (Wildman–Crippen LogP) is 0.420. The molecule has 1 aromatic heterocycles. The van der Waals surface area contributed by atoms with Gasteiger partial charge < -0.3 is 9.88 Å². The van der Waals surface area contributed by atoms with Crippen LogP contribution in [0.3, 0.4) is 0 Å². The van der Waals surface area contributed by atoms with Crippen molar-refractivity contribution in [1.29, 1.82) is 0 Å². The van der Waals surface area contributed by atoms with E-state index in [0.717, 1.165) is 25.9 Å². The SMILES string of the molecule is CN1CCC(C)(CNS(=O)(=O)c2cnc[nH]2)CC1. The van der Waals surface area contributed by atoms with E-state index in [9.17, 15) is 8.42 Å². The van der Waals surface area contributed by atoms with E-state index in [2.05, 4.69) is 33.6 Å². The summed E-state index contributed by atoms with van der Waals surface area (Å²) in [6, 6.07) is 0. The van der Waals surface area contributed by atoms with Crippen molar-refractivity contribution in [3.8, 4) is 0 Å². The Kier molecular flexibility index (Phi) is 3.74. The third-order valence-electron chi connectivity index (χ3n) is 3.65. The van der Waals surface area contributed by atoms with Gasteiger partial charge in [-0.3, -0.25) is 0 Å². The van der Waals surface area contributed by atoms with Crippen molar-refractivity contribution >= 4 is 10.0 Å². The first-order valence-electron chi connectivity index (χ1n) is 6.08. The topological polar surface area (TPSA) is 78.1 Å². The maximum absolute atomic E-state index is 11.9. The molecule has 0 aromatic carbocycles. The number of hydrogen-bond donors (Lipinski definition) is 2. The van der Waals surface area contributed by atoms with Gasteiger partial charge in [-0.05, 0) is 38.4 Å². The molecule has 18 heavy (non-hydrogen) atoms. The molecule has 2 N–H and O–H groups in total. The molecule has 1 aliphatic rings. The maximum atomic E-state index is 11.9. The summed E-state index contributed by atoms with van der Waals surface area (Å²) in [4.78, 5) is 8.61. The Balaban J connectivity index is 1.96. The Labute approximate surface area is 108 Å². The van der Waals surface area contributed by atoms with Crippen LogP contribution in [0, 0.1) is 5.41 Å². The Morgan fingerprint density at radius 1 is 1.50 bits per heavy atom. The standard InChI is InChI=1S/C11H20N4O2S/c1-11(3-5-15(2)6-4-11)8-14-18(16,17)10-7-12-9-13-10/h7,9,14H,3-6,8H2,1-2H3,(H,12,13). The summed E-state index contributed by atoms with van der Waals surface area (Å²) >= 11 is 0. The van der Waals surface area contributed by atoms with Gasteiger partial charge in [-0.15, -0.1) is 0 Å². The fourth-order valence-corrected chi connectivity index (χ4v) is 3.17. The van der Waals surface area contributed by atoms with Gasteiger partial charge in [-0.2, -0.15) is 0 Å². The second-order valence-corrected chi connectivity index (χ2v) is 7.09. The number of aromatic amines is 1. The number of nitrogens with one attached hydrogen (secondary N) is 2. The van der Waals surface area contributed by atoms with Crippen molar-refractivity contribution in [2.75, 3.05) is 26.7 Å². The molecule has 7 heteroatoms. The lowest BCUT2D eigenvalue weighted by molar-refractivity contribution is 0.143. The van der Waals surface area contributed by atoms with E-state index >= 15 is 0 Å². The zero-order valence-corrected chi connectivity index (χ0v) is 11.6. The van der Waals surface area contributed by atoms with E-state index < -0.39 is 10.0 Å². The summed E-state index contributed by atoms with van der Waals surface area (Å²) in [5, 5.41) is 0.124. The van der Waals surface area contributed by atoms with Crippen molar-refractivity contribution in [2.24, 2.45) is 5.41 Å². The minimum atomic E-state index is -3.45. The number of piperidine rings is 1. The lowest BCUT2D eigenvalue weighted by atomic mass is 9.81. The predicted molar refractivity (Wildman–Crippen MR) is 68.6 cm³/mol. The number of rotatable bonds is 4. The van der Waals surface area contributed by atoms with Crippen LogP contribution in [0.4, 0.5) is 0 Å². The number of hydrogen-bond acceptors (Lipinski definition) is 4. The van der Waals surface area contributed by atoms with Crippen molar-refractivity contribution in [2.45, 2.75) is 24.8 Å². The summed E-state index contributed by atoms with van der Waals surface area (Å²) < 4.78 is 26.6. The molecule has 0 saturated carbocycles. The number of sulfonamides is 1. The van der Waals surface area contributed by atoms with E-state index in [0.29, 0.717) is 6.54 Å². The van der Waals surface area contributed by atoms with Gasteiger partial charge in [0.25, 0.3) is 10.0 Å². The first kappa shape index (κ1) is 13.5. The second-order valence-electron chi connectivity index (χ2n) is 5.35. The molecule has 1 saturated heterocycles. The van der Waals surface area contributed by atoms with Gasteiger partial charge in [0, 0.05) is 6.54 Å². The molecule has 0 amide bonds. The second kappa shape index (κ2) is 4.99. The van der Waals surface area contributed by atoms with Crippen molar-refractivity contribution in [3.63, 3.8) is 0 Å². The molecule has 0 atom stereocenters. The van der Waals surface area contributed by atoms with Gasteiger partial charge in [-0.1, -0.05) is 6.92 Å². The number of H-pyrrole nitrogens is 1. The van der Waals surface area contributed by atoms with Gasteiger partial charge in [0.1, 0.15) is 0 Å². The number of nitrogens with zero attached hydrogens (tertiary/aromatic N) is 2. The molecule has 2 rings (SSSR count). The van der Waals surface area contributed by atoms with Crippen LogP contribution < -0.4 is 4.72 Å². The first-order valence-corrected chi connectivity index (χ1v) is 7.56. The van der Waals surface area contributed by atoms with E-state index in [1.54, 1.807) is 0 Å². The normalized spacial score (nSPS) is 21.0. The average molecular weight is 272 g/mol. The lowest BCUT2D eigenvalue weighted by Gasteiger charge is -2.37. The molecule has 2 heterocycles. The van der Waals surface area contributed by atoms with Crippen molar-refractivity contribution < 1.29 is 8.42 Å². The van der Waals surface area contributed by atoms with Gasteiger partial charge in [-0.25, -0.2) is 18.1 Å². The molecular formula is C11H20N4O2S. The molecule has 1 aliphatic heterocycles. The summed E-state index contributed by atoms with van der Waals surface area (Å²) in [5.74, 6) is 0. The minimum absolute atomic E-state index is 0.0413. The number of imidazole rings is 1. The minimum Gasteiger partial charge on any atom is -0.335 e. The van der Waals surface area contributed by atoms with Gasteiger partial charge >= 0.3 is 0 Å². The molecule has 6 nitrogen and oxygen atoms in total. The van der Waals surface area contributed by atoms with Gasteiger partial charge in [0.2, 0.25) is 0 Å². The molecule has 0 aliphatic carbocycles. The molecule has 102 valence electrons. The van der Waals surface area contributed by atoms with E-state index in [4.69, 9.17) is 0 Å². The molecule has 0 bridgehead atoms. The van der Waals surface area contributed by atoms with Crippen LogP contribution in [0.5, 0.6) is 0 Å². The quantitative estimate of drug-likeness (QED) is 0.832. The number of likely N-dealkylation sites (tertiary alicyclic amines) is 1. The zero-order valence-electron chi connectivity index (χ0n) is 10.8. The van der Waals surface area contributed by atoms with Gasteiger partial charge in [0.05, 0.1) is 12.5 Å². The third kappa shape index (κ3) is 3.09. The van der Waals surface area contributed by atoms with Crippen LogP contribution in [0.2, 0.25) is 0 Å². The van der Waals surface area contributed by atoms with E-state index in [1.807, 2.05) is 0 Å². The van der Waals surface area contributed by atoms with Crippen LogP contribution in [0.15, 0.2) is 17.6 Å². The highest BCUT2D eigenvalue weighted by Gasteiger charge is 2.30. The maximum Gasteiger partial charge on any atom is 0.257 e. The highest BCUT2D eigenvalue weighted by Crippen LogP contribution is 2.29. The summed E-state index contributed by atoms with van der Waals surface area (Å²) in [7, 11) is -1.36. The monoisotopic (exact) mass is 272 g/mol. The fraction of sp³-hybridized carbons (Fsp3) is 0.727. The summed E-state index contributed by atoms with van der Waals surface area (Å²) in [6.45, 7) is 4.64. The largest absolute Gasteiger partial charge is 0.335 e. The Morgan fingerprint density at radius 3 is 2.72 bits per heavy atom. The number of aromatic nitrogens is 2. The summed E-state index contributed by atoms with van der Waals surface area (Å²) in [5.41, 5.74) is 0.0413. The molecule has 0 radical (unpaired) electrons. The highest BCUT2D eigenvalue weighted by molar-refractivity contribution is 7.89. The molecule has 1 aromatic rings. The van der Waals surface area contributed by atoms with E-state index in [1.165, 1.54) is 12.5 Å². The molecule has 1 fully saturated rings. The molecule has 0 spiro atoms. The Bertz CT molecular complexity index is 475.